The van der Waals surface area contributed by atoms with Gasteiger partial charge in [0.15, 0.2) is 0 Å². The molecule has 0 unspecified atom stereocenters. The van der Waals surface area contributed by atoms with E-state index in [0.29, 0.717) is 29.5 Å². The molecule has 0 heterocycles. The molecule has 0 saturated heterocycles. The first-order chi connectivity index (χ1) is 14.2. The maximum atomic E-state index is 8.88. The van der Waals surface area contributed by atoms with E-state index in [2.05, 4.69) is 16.6 Å². The molecule has 0 aliphatic heterocycles. The molecule has 3 aromatic rings. The zero-order valence-electron chi connectivity index (χ0n) is 15.9. The third-order valence-electron chi connectivity index (χ3n) is 4.21. The van der Waals surface area contributed by atoms with Gasteiger partial charge in [0.25, 0.3) is 0 Å². The van der Waals surface area contributed by atoms with E-state index in [1.807, 2.05) is 42.5 Å². The van der Waals surface area contributed by atoms with E-state index in [1.165, 1.54) is 0 Å². The first kappa shape index (κ1) is 20.2. The number of nitrogens with zero attached hydrogens (tertiary/aromatic N) is 2. The first-order valence-corrected chi connectivity index (χ1v) is 9.36. The minimum absolute atomic E-state index is 0.378. The van der Waals surface area contributed by atoms with Gasteiger partial charge in [0, 0.05) is 16.1 Å². The highest BCUT2D eigenvalue weighted by atomic mass is 35.5. The average molecular weight is 406 g/mol. The molecule has 146 valence electrons. The molecule has 0 bridgehead atoms. The van der Waals surface area contributed by atoms with Gasteiger partial charge in [-0.2, -0.15) is 10.4 Å². The Kier molecular flexibility index (Phi) is 7.10. The van der Waals surface area contributed by atoms with Gasteiger partial charge in [-0.25, -0.2) is 0 Å². The minimum Gasteiger partial charge on any atom is -0.496 e. The lowest BCUT2D eigenvalue weighted by molar-refractivity contribution is 0.306. The van der Waals surface area contributed by atoms with Crippen LogP contribution in [0.15, 0.2) is 71.8 Å². The van der Waals surface area contributed by atoms with Crippen LogP contribution >= 0.6 is 11.6 Å². The highest BCUT2D eigenvalue weighted by Gasteiger charge is 2.05. The number of hydrogen-bond donors (Lipinski definition) is 1. The SMILES string of the molecule is COc1ccccc1CN/N=C\c1cc(Cl)ccc1OCc1ccc(C#N)cc1. The van der Waals surface area contributed by atoms with Crippen LogP contribution in [0.3, 0.4) is 0 Å². The van der Waals surface area contributed by atoms with Gasteiger partial charge < -0.3 is 14.9 Å². The number of benzene rings is 3. The Balaban J connectivity index is 1.64. The van der Waals surface area contributed by atoms with Crippen LogP contribution in [0.2, 0.25) is 5.02 Å². The second kappa shape index (κ2) is 10.2. The van der Waals surface area contributed by atoms with Crippen molar-refractivity contribution < 1.29 is 9.47 Å². The summed E-state index contributed by atoms with van der Waals surface area (Å²) in [5, 5.41) is 13.8. The van der Waals surface area contributed by atoms with E-state index >= 15 is 0 Å². The molecular formula is C23H20ClN3O2. The fourth-order valence-electron chi connectivity index (χ4n) is 2.68. The zero-order chi connectivity index (χ0) is 20.5. The summed E-state index contributed by atoms with van der Waals surface area (Å²) in [6, 6.07) is 22.5. The lowest BCUT2D eigenvalue weighted by atomic mass is 10.1. The average Bonchev–Trinajstić information content (AvgIpc) is 2.76. The number of methoxy groups -OCH3 is 1. The van der Waals surface area contributed by atoms with Crippen molar-refractivity contribution >= 4 is 17.8 Å². The minimum atomic E-state index is 0.378. The molecule has 0 aromatic heterocycles. The third kappa shape index (κ3) is 5.74. The van der Waals surface area contributed by atoms with Crippen LogP contribution in [0.4, 0.5) is 0 Å². The van der Waals surface area contributed by atoms with Crippen LogP contribution < -0.4 is 14.9 Å². The van der Waals surface area contributed by atoms with Crippen LogP contribution in [0.1, 0.15) is 22.3 Å². The van der Waals surface area contributed by atoms with Crippen molar-refractivity contribution in [3.05, 3.63) is 94.0 Å². The monoisotopic (exact) mass is 405 g/mol. The highest BCUT2D eigenvalue weighted by Crippen LogP contribution is 2.23. The summed E-state index contributed by atoms with van der Waals surface area (Å²) in [6.07, 6.45) is 1.68. The van der Waals surface area contributed by atoms with E-state index in [1.54, 1.807) is 37.6 Å². The molecule has 3 rings (SSSR count). The van der Waals surface area contributed by atoms with Gasteiger partial charge in [0.2, 0.25) is 0 Å². The number of para-hydroxylation sites is 1. The van der Waals surface area contributed by atoms with E-state index in [-0.39, 0.29) is 0 Å². The summed E-state index contributed by atoms with van der Waals surface area (Å²) < 4.78 is 11.3. The van der Waals surface area contributed by atoms with Crippen molar-refractivity contribution in [3.8, 4) is 17.6 Å². The Hall–Kier alpha value is -3.49. The van der Waals surface area contributed by atoms with Crippen LogP contribution in [0, 0.1) is 11.3 Å². The zero-order valence-corrected chi connectivity index (χ0v) is 16.7. The van der Waals surface area contributed by atoms with Crippen LogP contribution in [0.25, 0.3) is 0 Å². The number of nitriles is 1. The Labute approximate surface area is 175 Å². The standard InChI is InChI=1S/C23H20ClN3O2/c1-28-22-5-3-2-4-19(22)14-26-27-15-20-12-21(24)10-11-23(20)29-16-18-8-6-17(13-25)7-9-18/h2-12,15,26H,14,16H2,1H3/b27-15-. The maximum absolute atomic E-state index is 8.88. The number of hydrazone groups is 1. The Morgan fingerprint density at radius 2 is 1.86 bits per heavy atom. The maximum Gasteiger partial charge on any atom is 0.128 e. The van der Waals surface area contributed by atoms with Crippen LogP contribution in [-0.2, 0) is 13.2 Å². The first-order valence-electron chi connectivity index (χ1n) is 8.99. The van der Waals surface area contributed by atoms with E-state index in [9.17, 15) is 0 Å². The molecule has 0 spiro atoms. The van der Waals surface area contributed by atoms with Crippen molar-refractivity contribution in [2.45, 2.75) is 13.2 Å². The Morgan fingerprint density at radius 3 is 2.62 bits per heavy atom. The number of halogens is 1. The van der Waals surface area contributed by atoms with Crippen molar-refractivity contribution in [1.82, 2.24) is 5.43 Å². The molecule has 3 aromatic carbocycles. The molecule has 0 fully saturated rings. The number of nitrogens with one attached hydrogen (secondary N) is 1. The van der Waals surface area contributed by atoms with Gasteiger partial charge >= 0.3 is 0 Å². The normalized spacial score (nSPS) is 10.5. The molecular weight excluding hydrogens is 386 g/mol. The molecule has 0 aliphatic carbocycles. The third-order valence-corrected chi connectivity index (χ3v) is 4.44. The molecule has 5 nitrogen and oxygen atoms in total. The molecule has 0 atom stereocenters. The smallest absolute Gasteiger partial charge is 0.128 e. The van der Waals surface area contributed by atoms with E-state index < -0.39 is 0 Å². The molecule has 0 aliphatic rings. The second-order valence-corrected chi connectivity index (χ2v) is 6.62. The summed E-state index contributed by atoms with van der Waals surface area (Å²) in [5.74, 6) is 1.48. The summed E-state index contributed by atoms with van der Waals surface area (Å²) in [5.41, 5.74) is 6.38. The number of rotatable bonds is 8. The van der Waals surface area contributed by atoms with Crippen molar-refractivity contribution in [3.63, 3.8) is 0 Å². The van der Waals surface area contributed by atoms with Gasteiger partial charge in [0.1, 0.15) is 18.1 Å². The van der Waals surface area contributed by atoms with E-state index in [0.717, 1.165) is 22.4 Å². The van der Waals surface area contributed by atoms with Crippen LogP contribution in [-0.4, -0.2) is 13.3 Å². The van der Waals surface area contributed by atoms with Crippen molar-refractivity contribution in [1.29, 1.82) is 5.26 Å². The second-order valence-electron chi connectivity index (χ2n) is 6.18. The molecule has 0 amide bonds. The van der Waals surface area contributed by atoms with Gasteiger partial charge in [0.05, 0.1) is 31.5 Å². The van der Waals surface area contributed by atoms with Gasteiger partial charge in [-0.3, -0.25) is 0 Å². The van der Waals surface area contributed by atoms with E-state index in [4.69, 9.17) is 26.3 Å². The fraction of sp³-hybridized carbons (Fsp3) is 0.130. The quantitative estimate of drug-likeness (QED) is 0.426. The van der Waals surface area contributed by atoms with Gasteiger partial charge in [-0.05, 0) is 42.0 Å². The number of ether oxygens (including phenoxy) is 2. The predicted octanol–water partition coefficient (Wildman–Crippen LogP) is 4.92. The number of hydrogen-bond acceptors (Lipinski definition) is 5. The Morgan fingerprint density at radius 1 is 1.07 bits per heavy atom. The lowest BCUT2D eigenvalue weighted by Gasteiger charge is -2.10. The summed E-state index contributed by atoms with van der Waals surface area (Å²) >= 11 is 6.13. The van der Waals surface area contributed by atoms with Crippen molar-refractivity contribution in [2.75, 3.05) is 7.11 Å². The summed E-state index contributed by atoms with van der Waals surface area (Å²) in [7, 11) is 1.64. The molecule has 6 heteroatoms. The van der Waals surface area contributed by atoms with Crippen LogP contribution in [0.5, 0.6) is 11.5 Å². The molecule has 29 heavy (non-hydrogen) atoms. The predicted molar refractivity (Wildman–Crippen MR) is 114 cm³/mol. The molecule has 0 radical (unpaired) electrons. The fourth-order valence-corrected chi connectivity index (χ4v) is 2.86. The summed E-state index contributed by atoms with van der Waals surface area (Å²) in [6.45, 7) is 0.908. The lowest BCUT2D eigenvalue weighted by Crippen LogP contribution is -2.07. The molecule has 0 saturated carbocycles. The van der Waals surface area contributed by atoms with Gasteiger partial charge in [-0.15, -0.1) is 0 Å². The highest BCUT2D eigenvalue weighted by molar-refractivity contribution is 6.30. The topological polar surface area (TPSA) is 66.6 Å². The molecule has 1 N–H and O–H groups in total. The van der Waals surface area contributed by atoms with Gasteiger partial charge in [-0.1, -0.05) is 41.9 Å². The summed E-state index contributed by atoms with van der Waals surface area (Å²) in [4.78, 5) is 0. The van der Waals surface area contributed by atoms with Crippen molar-refractivity contribution in [2.24, 2.45) is 5.10 Å². The largest absolute Gasteiger partial charge is 0.496 e. The Bertz CT molecular complexity index is 1030.